The summed E-state index contributed by atoms with van der Waals surface area (Å²) in [5.41, 5.74) is 2.89. The zero-order valence-electron chi connectivity index (χ0n) is 8.51. The molecule has 0 N–H and O–H groups in total. The van der Waals surface area contributed by atoms with Crippen molar-refractivity contribution >= 4 is 53.8 Å². The summed E-state index contributed by atoms with van der Waals surface area (Å²) in [6.07, 6.45) is 1.79. The Balaban J connectivity index is 2.54. The van der Waals surface area contributed by atoms with Crippen molar-refractivity contribution in [1.29, 1.82) is 0 Å². The molecule has 1 aromatic carbocycles. The summed E-state index contributed by atoms with van der Waals surface area (Å²) in [5, 5.41) is 2.93. The SMILES string of the molecule is Cc1cc2c(o1)c(Br)cc1c(CBr)coc12. The van der Waals surface area contributed by atoms with Gasteiger partial charge in [-0.2, -0.15) is 0 Å². The van der Waals surface area contributed by atoms with Gasteiger partial charge in [0.15, 0.2) is 5.58 Å². The van der Waals surface area contributed by atoms with Gasteiger partial charge in [-0.25, -0.2) is 0 Å². The van der Waals surface area contributed by atoms with E-state index in [9.17, 15) is 0 Å². The summed E-state index contributed by atoms with van der Waals surface area (Å²) < 4.78 is 12.2. The normalized spacial score (nSPS) is 11.7. The number of hydrogen-bond donors (Lipinski definition) is 0. The fourth-order valence-corrected chi connectivity index (χ4v) is 2.88. The van der Waals surface area contributed by atoms with E-state index in [2.05, 4.69) is 31.9 Å². The first-order valence-corrected chi connectivity index (χ1v) is 6.77. The fourth-order valence-electron chi connectivity index (χ4n) is 1.93. The number of fused-ring (bicyclic) bond motifs is 3. The van der Waals surface area contributed by atoms with Gasteiger partial charge in [-0.05, 0) is 35.0 Å². The Bertz CT molecular complexity index is 679. The highest BCUT2D eigenvalue weighted by Gasteiger charge is 2.14. The third-order valence-corrected chi connectivity index (χ3v) is 3.83. The Morgan fingerprint density at radius 1 is 1.19 bits per heavy atom. The molecule has 2 nitrogen and oxygen atoms in total. The van der Waals surface area contributed by atoms with Gasteiger partial charge in [-0.3, -0.25) is 0 Å². The van der Waals surface area contributed by atoms with Gasteiger partial charge < -0.3 is 8.83 Å². The van der Waals surface area contributed by atoms with E-state index in [0.29, 0.717) is 0 Å². The van der Waals surface area contributed by atoms with Crippen LogP contribution in [0.5, 0.6) is 0 Å². The smallest absolute Gasteiger partial charge is 0.152 e. The first-order chi connectivity index (χ1) is 7.70. The topological polar surface area (TPSA) is 26.3 Å². The van der Waals surface area contributed by atoms with E-state index < -0.39 is 0 Å². The largest absolute Gasteiger partial charge is 0.463 e. The van der Waals surface area contributed by atoms with Crippen molar-refractivity contribution in [3.8, 4) is 0 Å². The van der Waals surface area contributed by atoms with Crippen LogP contribution in [0.2, 0.25) is 0 Å². The van der Waals surface area contributed by atoms with Gasteiger partial charge in [-0.1, -0.05) is 15.9 Å². The van der Waals surface area contributed by atoms with Crippen LogP contribution in [-0.4, -0.2) is 0 Å². The summed E-state index contributed by atoms with van der Waals surface area (Å²) in [4.78, 5) is 0. The molecule has 4 heteroatoms. The maximum atomic E-state index is 5.63. The van der Waals surface area contributed by atoms with E-state index in [4.69, 9.17) is 8.83 Å². The van der Waals surface area contributed by atoms with Crippen molar-refractivity contribution in [1.82, 2.24) is 0 Å². The van der Waals surface area contributed by atoms with Crippen LogP contribution in [0.3, 0.4) is 0 Å². The third-order valence-electron chi connectivity index (χ3n) is 2.64. The highest BCUT2D eigenvalue weighted by molar-refractivity contribution is 9.10. The van der Waals surface area contributed by atoms with Crippen LogP contribution < -0.4 is 0 Å². The van der Waals surface area contributed by atoms with Gasteiger partial charge in [0.2, 0.25) is 0 Å². The highest BCUT2D eigenvalue weighted by Crippen LogP contribution is 2.36. The Kier molecular flexibility index (Phi) is 2.37. The van der Waals surface area contributed by atoms with Crippen LogP contribution >= 0.6 is 31.9 Å². The number of hydrogen-bond acceptors (Lipinski definition) is 2. The molecule has 0 unspecified atom stereocenters. The molecule has 2 heterocycles. The van der Waals surface area contributed by atoms with E-state index in [-0.39, 0.29) is 0 Å². The molecule has 0 aliphatic carbocycles. The van der Waals surface area contributed by atoms with Gasteiger partial charge >= 0.3 is 0 Å². The minimum absolute atomic E-state index is 0.786. The van der Waals surface area contributed by atoms with Gasteiger partial charge in [0.1, 0.15) is 11.3 Å². The Morgan fingerprint density at radius 2 is 2.00 bits per heavy atom. The number of halogens is 2. The minimum atomic E-state index is 0.786. The zero-order chi connectivity index (χ0) is 11.3. The van der Waals surface area contributed by atoms with E-state index in [1.165, 1.54) is 0 Å². The van der Waals surface area contributed by atoms with Gasteiger partial charge in [-0.15, -0.1) is 0 Å². The second-order valence-electron chi connectivity index (χ2n) is 3.73. The monoisotopic (exact) mass is 342 g/mol. The second kappa shape index (κ2) is 3.64. The first kappa shape index (κ1) is 10.4. The van der Waals surface area contributed by atoms with E-state index in [1.807, 2.05) is 19.1 Å². The number of furan rings is 2. The van der Waals surface area contributed by atoms with Crippen LogP contribution in [0.4, 0.5) is 0 Å². The van der Waals surface area contributed by atoms with Crippen LogP contribution in [-0.2, 0) is 5.33 Å². The number of rotatable bonds is 1. The van der Waals surface area contributed by atoms with E-state index in [0.717, 1.165) is 43.1 Å². The van der Waals surface area contributed by atoms with Gasteiger partial charge in [0.25, 0.3) is 0 Å². The summed E-state index contributed by atoms with van der Waals surface area (Å²) >= 11 is 6.98. The first-order valence-electron chi connectivity index (χ1n) is 4.85. The Hall–Kier alpha value is -0.740. The second-order valence-corrected chi connectivity index (χ2v) is 5.14. The molecule has 16 heavy (non-hydrogen) atoms. The summed E-state index contributed by atoms with van der Waals surface area (Å²) in [5.74, 6) is 0.889. The molecule has 0 bridgehead atoms. The molecule has 0 saturated carbocycles. The molecular formula is C12H8Br2O2. The predicted octanol–water partition coefficient (Wildman–Crippen LogP) is 5.14. The van der Waals surface area contributed by atoms with Crippen molar-refractivity contribution in [3.63, 3.8) is 0 Å². The van der Waals surface area contributed by atoms with Crippen molar-refractivity contribution in [3.05, 3.63) is 34.2 Å². The average molecular weight is 344 g/mol. The fraction of sp³-hybridized carbons (Fsp3) is 0.167. The van der Waals surface area contributed by atoms with Crippen molar-refractivity contribution in [2.45, 2.75) is 12.3 Å². The maximum Gasteiger partial charge on any atom is 0.152 e. The number of alkyl halides is 1. The molecule has 0 saturated heterocycles. The van der Waals surface area contributed by atoms with Crippen molar-refractivity contribution in [2.75, 3.05) is 0 Å². The summed E-state index contributed by atoms with van der Waals surface area (Å²) in [7, 11) is 0. The third kappa shape index (κ3) is 1.36. The Labute approximate surface area is 109 Å². The summed E-state index contributed by atoms with van der Waals surface area (Å²) in [6, 6.07) is 4.05. The molecule has 0 amide bonds. The van der Waals surface area contributed by atoms with E-state index >= 15 is 0 Å². The van der Waals surface area contributed by atoms with Gasteiger partial charge in [0, 0.05) is 16.3 Å². The average Bonchev–Trinajstić information content (AvgIpc) is 2.81. The zero-order valence-corrected chi connectivity index (χ0v) is 11.7. The van der Waals surface area contributed by atoms with Crippen LogP contribution in [0, 0.1) is 6.92 Å². The lowest BCUT2D eigenvalue weighted by Crippen LogP contribution is -1.74. The molecule has 0 atom stereocenters. The molecule has 2 aromatic heterocycles. The minimum Gasteiger partial charge on any atom is -0.463 e. The van der Waals surface area contributed by atoms with Gasteiger partial charge in [0.05, 0.1) is 16.1 Å². The predicted molar refractivity (Wildman–Crippen MR) is 71.1 cm³/mol. The number of benzene rings is 1. The van der Waals surface area contributed by atoms with Crippen LogP contribution in [0.25, 0.3) is 21.9 Å². The molecule has 3 rings (SSSR count). The molecular weight excluding hydrogens is 336 g/mol. The van der Waals surface area contributed by atoms with E-state index in [1.54, 1.807) is 6.26 Å². The van der Waals surface area contributed by atoms with Crippen molar-refractivity contribution < 1.29 is 8.83 Å². The number of aryl methyl sites for hydroxylation is 1. The quantitative estimate of drug-likeness (QED) is 0.571. The van der Waals surface area contributed by atoms with Crippen LogP contribution in [0.15, 0.2) is 31.7 Å². The lowest BCUT2D eigenvalue weighted by atomic mass is 10.1. The molecule has 0 radical (unpaired) electrons. The molecule has 82 valence electrons. The van der Waals surface area contributed by atoms with Crippen molar-refractivity contribution in [2.24, 2.45) is 0 Å². The molecule has 0 aliphatic heterocycles. The summed E-state index contributed by atoms with van der Waals surface area (Å²) in [6.45, 7) is 1.94. The molecule has 0 fully saturated rings. The molecule has 3 aromatic rings. The molecule has 0 aliphatic rings. The maximum absolute atomic E-state index is 5.63. The standard InChI is InChI=1S/C12H8Br2O2/c1-6-2-9-11-8(7(4-13)5-15-11)3-10(14)12(9)16-6/h2-3,5H,4H2,1H3. The Morgan fingerprint density at radius 3 is 2.75 bits per heavy atom. The van der Waals surface area contributed by atoms with Crippen LogP contribution in [0.1, 0.15) is 11.3 Å². The lowest BCUT2D eigenvalue weighted by Gasteiger charge is -1.96. The lowest BCUT2D eigenvalue weighted by molar-refractivity contribution is 0.576. The molecule has 0 spiro atoms. The highest BCUT2D eigenvalue weighted by atomic mass is 79.9.